The number of rotatable bonds is 4. The minimum atomic E-state index is -4.07. The predicted molar refractivity (Wildman–Crippen MR) is 90.3 cm³/mol. The van der Waals surface area contributed by atoms with Crippen molar-refractivity contribution in [2.24, 2.45) is 0 Å². The zero-order valence-corrected chi connectivity index (χ0v) is 13.9. The summed E-state index contributed by atoms with van der Waals surface area (Å²) in [5, 5.41) is 0.645. The second-order valence-electron chi connectivity index (χ2n) is 5.12. The summed E-state index contributed by atoms with van der Waals surface area (Å²) in [4.78, 5) is 15.4. The molecule has 0 spiro atoms. The van der Waals surface area contributed by atoms with Crippen LogP contribution in [0.15, 0.2) is 59.6 Å². The van der Waals surface area contributed by atoms with Crippen molar-refractivity contribution in [2.45, 2.75) is 4.90 Å². The number of hydrogen-bond donors (Lipinski definition) is 1. The lowest BCUT2D eigenvalue weighted by Gasteiger charge is -2.11. The number of ether oxygens (including phenoxy) is 1. The lowest BCUT2D eigenvalue weighted by atomic mass is 10.2. The number of carbonyl (C=O) groups is 1. The summed E-state index contributed by atoms with van der Waals surface area (Å²) in [7, 11) is -2.90. The highest BCUT2D eigenvalue weighted by Crippen LogP contribution is 2.25. The summed E-state index contributed by atoms with van der Waals surface area (Å²) in [6.45, 7) is 0. The van der Waals surface area contributed by atoms with Crippen molar-refractivity contribution in [3.63, 3.8) is 0 Å². The third kappa shape index (κ3) is 3.29. The Labute approximate surface area is 143 Å². The van der Waals surface area contributed by atoms with Crippen molar-refractivity contribution in [1.29, 1.82) is 0 Å². The number of nitrogens with one attached hydrogen (secondary N) is 1. The van der Waals surface area contributed by atoms with Crippen LogP contribution in [0.3, 0.4) is 0 Å². The Kier molecular flexibility index (Phi) is 4.37. The van der Waals surface area contributed by atoms with Gasteiger partial charge < -0.3 is 4.74 Å². The average molecular weight is 360 g/mol. The molecule has 3 rings (SSSR count). The van der Waals surface area contributed by atoms with Crippen LogP contribution in [0.1, 0.15) is 10.4 Å². The van der Waals surface area contributed by atoms with Gasteiger partial charge in [0.25, 0.3) is 10.0 Å². The molecule has 0 amide bonds. The third-order valence-electron chi connectivity index (χ3n) is 3.52. The minimum Gasteiger partial charge on any atom is -0.465 e. The molecule has 2 aromatic carbocycles. The standard InChI is InChI=1S/C17H13FN2O4S/c1-24-17(21)12-7-8-14(13(18)10-12)20-25(22,23)15-6-2-4-11-5-3-9-19-16(11)15/h2-10,20H,1H3. The summed E-state index contributed by atoms with van der Waals surface area (Å²) in [6.07, 6.45) is 1.48. The normalized spacial score (nSPS) is 11.3. The van der Waals surface area contributed by atoms with E-state index in [1.54, 1.807) is 24.3 Å². The molecule has 0 fully saturated rings. The van der Waals surface area contributed by atoms with E-state index in [1.807, 2.05) is 0 Å². The number of hydrogen-bond acceptors (Lipinski definition) is 5. The van der Waals surface area contributed by atoms with Gasteiger partial charge in [0.05, 0.1) is 23.9 Å². The Morgan fingerprint density at radius 2 is 1.92 bits per heavy atom. The molecule has 3 aromatic rings. The van der Waals surface area contributed by atoms with Gasteiger partial charge in [-0.15, -0.1) is 0 Å². The SMILES string of the molecule is COC(=O)c1ccc(NS(=O)(=O)c2cccc3cccnc23)c(F)c1. The van der Waals surface area contributed by atoms with Crippen molar-refractivity contribution in [3.8, 4) is 0 Å². The van der Waals surface area contributed by atoms with Gasteiger partial charge in [-0.25, -0.2) is 17.6 Å². The molecule has 0 saturated carbocycles. The number of anilines is 1. The zero-order chi connectivity index (χ0) is 18.0. The maximum Gasteiger partial charge on any atom is 0.337 e. The van der Waals surface area contributed by atoms with E-state index < -0.39 is 21.8 Å². The van der Waals surface area contributed by atoms with Crippen LogP contribution >= 0.6 is 0 Å². The maximum absolute atomic E-state index is 14.2. The van der Waals surface area contributed by atoms with E-state index in [9.17, 15) is 17.6 Å². The van der Waals surface area contributed by atoms with Crippen molar-refractivity contribution in [1.82, 2.24) is 4.98 Å². The van der Waals surface area contributed by atoms with Gasteiger partial charge in [-0.1, -0.05) is 18.2 Å². The van der Waals surface area contributed by atoms with Gasteiger partial charge in [0.1, 0.15) is 10.7 Å². The predicted octanol–water partition coefficient (Wildman–Crippen LogP) is 2.96. The van der Waals surface area contributed by atoms with Gasteiger partial charge in [-0.2, -0.15) is 0 Å². The summed E-state index contributed by atoms with van der Waals surface area (Å²) in [5.74, 6) is -1.61. The summed E-state index contributed by atoms with van der Waals surface area (Å²) in [5.41, 5.74) is -0.0144. The molecule has 1 aromatic heterocycles. The van der Waals surface area contributed by atoms with Crippen LogP contribution < -0.4 is 4.72 Å². The molecular weight excluding hydrogens is 347 g/mol. The number of pyridine rings is 1. The zero-order valence-electron chi connectivity index (χ0n) is 13.1. The molecule has 0 atom stereocenters. The molecule has 0 saturated heterocycles. The van der Waals surface area contributed by atoms with Gasteiger partial charge in [0.15, 0.2) is 0 Å². The molecule has 0 bridgehead atoms. The van der Waals surface area contributed by atoms with E-state index in [-0.39, 0.29) is 21.7 Å². The molecule has 0 unspecified atom stereocenters. The Morgan fingerprint density at radius 1 is 1.16 bits per heavy atom. The highest BCUT2D eigenvalue weighted by Gasteiger charge is 2.20. The monoisotopic (exact) mass is 360 g/mol. The first-order valence-corrected chi connectivity index (χ1v) is 8.65. The highest BCUT2D eigenvalue weighted by molar-refractivity contribution is 7.93. The van der Waals surface area contributed by atoms with Gasteiger partial charge in [-0.05, 0) is 30.3 Å². The van der Waals surface area contributed by atoms with Crippen molar-refractivity contribution >= 4 is 32.6 Å². The van der Waals surface area contributed by atoms with Crippen LogP contribution in [0.5, 0.6) is 0 Å². The fourth-order valence-corrected chi connectivity index (χ4v) is 3.58. The van der Waals surface area contributed by atoms with Gasteiger partial charge in [0, 0.05) is 11.6 Å². The smallest absolute Gasteiger partial charge is 0.337 e. The number of esters is 1. The molecule has 0 aliphatic rings. The number of carbonyl (C=O) groups excluding carboxylic acids is 1. The number of para-hydroxylation sites is 1. The average Bonchev–Trinajstić information content (AvgIpc) is 2.62. The number of nitrogens with zero attached hydrogens (tertiary/aromatic N) is 1. The number of aromatic nitrogens is 1. The molecule has 0 aliphatic carbocycles. The topological polar surface area (TPSA) is 85.4 Å². The molecule has 1 heterocycles. The first-order chi connectivity index (χ1) is 11.9. The van der Waals surface area contributed by atoms with Crippen molar-refractivity contribution in [3.05, 3.63) is 66.1 Å². The van der Waals surface area contributed by atoms with Crippen LogP contribution in [-0.4, -0.2) is 26.5 Å². The summed E-state index contributed by atoms with van der Waals surface area (Å²) in [6, 6.07) is 11.5. The molecule has 1 N–H and O–H groups in total. The molecule has 8 heteroatoms. The number of benzene rings is 2. The Morgan fingerprint density at radius 3 is 2.64 bits per heavy atom. The van der Waals surface area contributed by atoms with Crippen LogP contribution in [-0.2, 0) is 14.8 Å². The van der Waals surface area contributed by atoms with Gasteiger partial charge in [-0.3, -0.25) is 9.71 Å². The first kappa shape index (κ1) is 16.8. The third-order valence-corrected chi connectivity index (χ3v) is 4.92. The molecular formula is C17H13FN2O4S. The largest absolute Gasteiger partial charge is 0.465 e. The van der Waals surface area contributed by atoms with Crippen molar-refractivity contribution < 1.29 is 22.3 Å². The Bertz CT molecular complexity index is 1060. The first-order valence-electron chi connectivity index (χ1n) is 7.17. The lowest BCUT2D eigenvalue weighted by Crippen LogP contribution is -2.15. The van der Waals surface area contributed by atoms with Crippen LogP contribution in [0, 0.1) is 5.82 Å². The van der Waals surface area contributed by atoms with E-state index in [1.165, 1.54) is 25.4 Å². The number of sulfonamides is 1. The van der Waals surface area contributed by atoms with E-state index in [4.69, 9.17) is 0 Å². The van der Waals surface area contributed by atoms with Crippen LogP contribution in [0.4, 0.5) is 10.1 Å². The van der Waals surface area contributed by atoms with Crippen molar-refractivity contribution in [2.75, 3.05) is 11.8 Å². The second kappa shape index (κ2) is 6.48. The van der Waals surface area contributed by atoms with E-state index in [2.05, 4.69) is 14.4 Å². The second-order valence-corrected chi connectivity index (χ2v) is 6.77. The van der Waals surface area contributed by atoms with Gasteiger partial charge in [0.2, 0.25) is 0 Å². The quantitative estimate of drug-likeness (QED) is 0.723. The fourth-order valence-electron chi connectivity index (χ4n) is 2.34. The molecule has 128 valence electrons. The van der Waals surface area contributed by atoms with Crippen LogP contribution in [0.25, 0.3) is 10.9 Å². The molecule has 0 radical (unpaired) electrons. The molecule has 6 nitrogen and oxygen atoms in total. The van der Waals surface area contributed by atoms with E-state index in [0.29, 0.717) is 5.39 Å². The Balaban J connectivity index is 2.00. The lowest BCUT2D eigenvalue weighted by molar-refractivity contribution is 0.0600. The fraction of sp³-hybridized carbons (Fsp3) is 0.0588. The molecule has 25 heavy (non-hydrogen) atoms. The van der Waals surface area contributed by atoms with E-state index in [0.717, 1.165) is 12.1 Å². The summed E-state index contributed by atoms with van der Waals surface area (Å²) < 4.78 is 46.1. The van der Waals surface area contributed by atoms with Gasteiger partial charge >= 0.3 is 5.97 Å². The maximum atomic E-state index is 14.2. The van der Waals surface area contributed by atoms with Crippen LogP contribution in [0.2, 0.25) is 0 Å². The number of fused-ring (bicyclic) bond motifs is 1. The summed E-state index contributed by atoms with van der Waals surface area (Å²) >= 11 is 0. The minimum absolute atomic E-state index is 0.0187. The number of methoxy groups -OCH3 is 1. The Hall–Kier alpha value is -3.00. The molecule has 0 aliphatic heterocycles. The highest BCUT2D eigenvalue weighted by atomic mass is 32.2. The van der Waals surface area contributed by atoms with E-state index >= 15 is 0 Å². The number of halogens is 1.